The molecule has 7 nitrogen and oxygen atoms in total. The van der Waals surface area contributed by atoms with Crippen LogP contribution < -0.4 is 0 Å². The molecule has 7 heteroatoms. The molecule has 0 saturated carbocycles. The summed E-state index contributed by atoms with van der Waals surface area (Å²) in [4.78, 5) is 26.1. The maximum absolute atomic E-state index is 12.3. The van der Waals surface area contributed by atoms with Crippen molar-refractivity contribution in [2.75, 3.05) is 32.8 Å². The zero-order valence-corrected chi connectivity index (χ0v) is 12.5. The third kappa shape index (κ3) is 6.00. The van der Waals surface area contributed by atoms with Gasteiger partial charge < -0.3 is 19.6 Å². The van der Waals surface area contributed by atoms with E-state index in [-0.39, 0.29) is 25.2 Å². The first kappa shape index (κ1) is 17.2. The second kappa shape index (κ2) is 9.19. The molecule has 1 aliphatic rings. The number of aliphatic carboxylic acids is 1. The Balaban J connectivity index is 2.32. The van der Waals surface area contributed by atoms with E-state index in [1.807, 2.05) is 13.0 Å². The number of nitriles is 1. The van der Waals surface area contributed by atoms with Crippen LogP contribution in [0.15, 0.2) is 0 Å². The molecule has 1 fully saturated rings. The Morgan fingerprint density at radius 1 is 1.43 bits per heavy atom. The number of rotatable bonds is 7. The molecule has 1 saturated heterocycles. The summed E-state index contributed by atoms with van der Waals surface area (Å²) < 4.78 is 5.50. The SMILES string of the molecule is CCN(CCC#N)C(=O)N1CCC(OCCC(=O)O)CC1. The molecule has 0 spiro atoms. The lowest BCUT2D eigenvalue weighted by Crippen LogP contribution is -2.48. The predicted molar refractivity (Wildman–Crippen MR) is 75.7 cm³/mol. The van der Waals surface area contributed by atoms with Crippen molar-refractivity contribution in [2.45, 2.75) is 38.7 Å². The van der Waals surface area contributed by atoms with E-state index in [1.165, 1.54) is 0 Å². The van der Waals surface area contributed by atoms with Crippen LogP contribution in [0.4, 0.5) is 4.79 Å². The first-order valence-electron chi connectivity index (χ1n) is 7.32. The Morgan fingerprint density at radius 2 is 2.10 bits per heavy atom. The number of hydrogen-bond donors (Lipinski definition) is 1. The van der Waals surface area contributed by atoms with Crippen LogP contribution in [0.3, 0.4) is 0 Å². The van der Waals surface area contributed by atoms with Gasteiger partial charge in [0.15, 0.2) is 0 Å². The Labute approximate surface area is 125 Å². The van der Waals surface area contributed by atoms with E-state index >= 15 is 0 Å². The minimum Gasteiger partial charge on any atom is -0.481 e. The van der Waals surface area contributed by atoms with E-state index in [1.54, 1.807) is 9.80 Å². The molecule has 0 aromatic rings. The highest BCUT2D eigenvalue weighted by Gasteiger charge is 2.25. The van der Waals surface area contributed by atoms with Gasteiger partial charge in [-0.05, 0) is 19.8 Å². The number of ether oxygens (including phenoxy) is 1. The first-order valence-corrected chi connectivity index (χ1v) is 7.32. The van der Waals surface area contributed by atoms with Crippen LogP contribution in [0.2, 0.25) is 0 Å². The molecule has 1 rings (SSSR count). The summed E-state index contributed by atoms with van der Waals surface area (Å²) in [6, 6.07) is 2.02. The van der Waals surface area contributed by atoms with Crippen LogP contribution in [-0.4, -0.2) is 65.8 Å². The van der Waals surface area contributed by atoms with Crippen LogP contribution in [0.1, 0.15) is 32.6 Å². The normalized spacial score (nSPS) is 15.5. The van der Waals surface area contributed by atoms with Gasteiger partial charge in [0.05, 0.1) is 31.6 Å². The Morgan fingerprint density at radius 3 is 2.62 bits per heavy atom. The summed E-state index contributed by atoms with van der Waals surface area (Å²) in [6.07, 6.45) is 1.83. The number of likely N-dealkylation sites (tertiary alicyclic amines) is 1. The van der Waals surface area contributed by atoms with Gasteiger partial charge in [0.1, 0.15) is 0 Å². The maximum atomic E-state index is 12.3. The molecular weight excluding hydrogens is 274 g/mol. The third-order valence-corrected chi connectivity index (χ3v) is 3.53. The molecule has 0 radical (unpaired) electrons. The van der Waals surface area contributed by atoms with Crippen LogP contribution in [-0.2, 0) is 9.53 Å². The van der Waals surface area contributed by atoms with E-state index < -0.39 is 5.97 Å². The minimum atomic E-state index is -0.862. The Kier molecular flexibility index (Phi) is 7.54. The van der Waals surface area contributed by atoms with Crippen LogP contribution in [0.5, 0.6) is 0 Å². The number of urea groups is 1. The number of carboxylic acids is 1. The van der Waals surface area contributed by atoms with Crippen molar-refractivity contribution in [3.05, 3.63) is 0 Å². The zero-order valence-electron chi connectivity index (χ0n) is 12.5. The molecule has 1 heterocycles. The van der Waals surface area contributed by atoms with Gasteiger partial charge >= 0.3 is 12.0 Å². The summed E-state index contributed by atoms with van der Waals surface area (Å²) in [6.45, 7) is 4.39. The quantitative estimate of drug-likeness (QED) is 0.764. The molecule has 118 valence electrons. The van der Waals surface area contributed by atoms with Gasteiger partial charge in [0.2, 0.25) is 0 Å². The van der Waals surface area contributed by atoms with Gasteiger partial charge in [-0.3, -0.25) is 4.79 Å². The number of amides is 2. The fourth-order valence-corrected chi connectivity index (χ4v) is 2.30. The van der Waals surface area contributed by atoms with Crippen molar-refractivity contribution in [2.24, 2.45) is 0 Å². The topological polar surface area (TPSA) is 93.9 Å². The smallest absolute Gasteiger partial charge is 0.320 e. The predicted octanol–water partition coefficient (Wildman–Crippen LogP) is 1.30. The second-order valence-electron chi connectivity index (χ2n) is 4.97. The fraction of sp³-hybridized carbons (Fsp3) is 0.786. The number of carbonyl (C=O) groups is 2. The molecule has 1 N–H and O–H groups in total. The number of hydrogen-bond acceptors (Lipinski definition) is 4. The molecule has 0 atom stereocenters. The van der Waals surface area contributed by atoms with Crippen molar-refractivity contribution in [3.63, 3.8) is 0 Å². The monoisotopic (exact) mass is 297 g/mol. The van der Waals surface area contributed by atoms with Crippen molar-refractivity contribution in [3.8, 4) is 6.07 Å². The highest BCUT2D eigenvalue weighted by molar-refractivity contribution is 5.74. The Bertz CT molecular complexity index is 386. The maximum Gasteiger partial charge on any atom is 0.320 e. The van der Waals surface area contributed by atoms with E-state index in [0.717, 1.165) is 12.8 Å². The van der Waals surface area contributed by atoms with Gasteiger partial charge in [-0.2, -0.15) is 5.26 Å². The average Bonchev–Trinajstić information content (AvgIpc) is 2.48. The van der Waals surface area contributed by atoms with Gasteiger partial charge in [0, 0.05) is 26.2 Å². The summed E-state index contributed by atoms with van der Waals surface area (Å²) >= 11 is 0. The summed E-state index contributed by atoms with van der Waals surface area (Å²) in [5.74, 6) is -0.862. The molecule has 0 aliphatic carbocycles. The standard InChI is InChI=1S/C14H23N3O4/c1-2-16(8-3-7-15)14(20)17-9-4-12(5-10-17)21-11-6-13(18)19/h12H,2-6,8-11H2,1H3,(H,18,19). The van der Waals surface area contributed by atoms with Gasteiger partial charge in [-0.25, -0.2) is 4.79 Å². The Hall–Kier alpha value is -1.81. The van der Waals surface area contributed by atoms with Gasteiger partial charge in [-0.1, -0.05) is 0 Å². The lowest BCUT2D eigenvalue weighted by Gasteiger charge is -2.35. The van der Waals surface area contributed by atoms with E-state index in [0.29, 0.717) is 32.6 Å². The summed E-state index contributed by atoms with van der Waals surface area (Å²) in [7, 11) is 0. The molecule has 0 bridgehead atoms. The van der Waals surface area contributed by atoms with Gasteiger partial charge in [-0.15, -0.1) is 0 Å². The van der Waals surface area contributed by atoms with Gasteiger partial charge in [0.25, 0.3) is 0 Å². The largest absolute Gasteiger partial charge is 0.481 e. The summed E-state index contributed by atoms with van der Waals surface area (Å²) in [5, 5.41) is 17.2. The molecule has 2 amide bonds. The number of nitrogens with zero attached hydrogens (tertiary/aromatic N) is 3. The van der Waals surface area contributed by atoms with Crippen LogP contribution in [0.25, 0.3) is 0 Å². The molecule has 0 aromatic carbocycles. The van der Waals surface area contributed by atoms with Crippen LogP contribution in [0, 0.1) is 11.3 Å². The van der Waals surface area contributed by atoms with Crippen molar-refractivity contribution in [1.29, 1.82) is 5.26 Å². The second-order valence-corrected chi connectivity index (χ2v) is 4.97. The highest BCUT2D eigenvalue weighted by Crippen LogP contribution is 2.15. The average molecular weight is 297 g/mol. The highest BCUT2D eigenvalue weighted by atomic mass is 16.5. The van der Waals surface area contributed by atoms with Crippen molar-refractivity contribution < 1.29 is 19.4 Å². The van der Waals surface area contributed by atoms with E-state index in [9.17, 15) is 9.59 Å². The number of carboxylic acid groups (broad SMARTS) is 1. The zero-order chi connectivity index (χ0) is 15.7. The fourth-order valence-electron chi connectivity index (χ4n) is 2.30. The van der Waals surface area contributed by atoms with Crippen LogP contribution >= 0.6 is 0 Å². The van der Waals surface area contributed by atoms with Crippen molar-refractivity contribution >= 4 is 12.0 Å². The molecule has 0 aromatic heterocycles. The number of carbonyl (C=O) groups excluding carboxylic acids is 1. The molecule has 0 unspecified atom stereocenters. The molecular formula is C14H23N3O4. The van der Waals surface area contributed by atoms with E-state index in [2.05, 4.69) is 0 Å². The van der Waals surface area contributed by atoms with E-state index in [4.69, 9.17) is 15.1 Å². The molecule has 21 heavy (non-hydrogen) atoms. The lowest BCUT2D eigenvalue weighted by molar-refractivity contribution is -0.138. The third-order valence-electron chi connectivity index (χ3n) is 3.53. The number of piperidine rings is 1. The first-order chi connectivity index (χ1) is 10.1. The summed E-state index contributed by atoms with van der Waals surface area (Å²) in [5.41, 5.74) is 0. The molecule has 1 aliphatic heterocycles. The lowest BCUT2D eigenvalue weighted by atomic mass is 10.1. The van der Waals surface area contributed by atoms with Crippen molar-refractivity contribution in [1.82, 2.24) is 9.80 Å². The minimum absolute atomic E-state index is 0.0108.